The minimum absolute atomic E-state index is 0.00644. The number of fused-ring (bicyclic) bond motifs is 2. The molecule has 10 nitrogen and oxygen atoms in total. The number of nitrogens with zero attached hydrogens (tertiary/aromatic N) is 1. The summed E-state index contributed by atoms with van der Waals surface area (Å²) in [4.78, 5) is 24.5. The molecule has 44 heavy (non-hydrogen) atoms. The quantitative estimate of drug-likeness (QED) is 0.232. The first-order chi connectivity index (χ1) is 20.8. The number of halogens is 2. The van der Waals surface area contributed by atoms with Crippen LogP contribution >= 0.6 is 10.6 Å². The standard InChI is InChI=1S/C30H30F2N2O8S2/c31-29(32)42-22-5-2-6-23(17-22)44(40,41)34-25-10-9-19(27(35)33-21-4-1-3-20(15-21)28(36)37)16-24(25)30(26(34)18-7-8-18)11-13-43(38,39)14-12-30/h1-6,9-10,15-18,26,29,38-39H,7-8,11-14H2,(H,33,35)(H,36,37). The highest BCUT2D eigenvalue weighted by atomic mass is 32.3. The zero-order valence-corrected chi connectivity index (χ0v) is 24.9. The third-order valence-electron chi connectivity index (χ3n) is 8.62. The summed E-state index contributed by atoms with van der Waals surface area (Å²) in [5, 5.41) is 12.0. The monoisotopic (exact) mass is 648 g/mol. The number of nitrogens with one attached hydrogen (secondary N) is 1. The third kappa shape index (κ3) is 5.51. The number of aromatic carboxylic acids is 1. The molecule has 6 rings (SSSR count). The van der Waals surface area contributed by atoms with Gasteiger partial charge >= 0.3 is 12.6 Å². The van der Waals surface area contributed by atoms with Gasteiger partial charge in [0.15, 0.2) is 0 Å². The molecule has 4 N–H and O–H groups in total. The molecule has 1 atom stereocenters. The van der Waals surface area contributed by atoms with Gasteiger partial charge in [0.05, 0.1) is 22.2 Å². The van der Waals surface area contributed by atoms with Crippen molar-refractivity contribution in [3.63, 3.8) is 0 Å². The maximum absolute atomic E-state index is 14.3. The van der Waals surface area contributed by atoms with Gasteiger partial charge in [-0.15, -0.1) is 0 Å². The highest BCUT2D eigenvalue weighted by Crippen LogP contribution is 2.63. The van der Waals surface area contributed by atoms with Crippen molar-refractivity contribution >= 4 is 43.9 Å². The van der Waals surface area contributed by atoms with Crippen molar-refractivity contribution in [3.05, 3.63) is 83.4 Å². The molecule has 3 aromatic carbocycles. The summed E-state index contributed by atoms with van der Waals surface area (Å²) in [5.41, 5.74) is 0.560. The molecule has 3 aromatic rings. The first-order valence-electron chi connectivity index (χ1n) is 13.9. The third-order valence-corrected chi connectivity index (χ3v) is 12.1. The number of sulfonamides is 1. The molecule has 1 unspecified atom stereocenters. The number of carbonyl (C=O) groups excluding carboxylic acids is 1. The molecular formula is C30H30F2N2O8S2. The van der Waals surface area contributed by atoms with Gasteiger partial charge in [0, 0.05) is 34.2 Å². The molecular weight excluding hydrogens is 618 g/mol. The second kappa shape index (κ2) is 11.0. The smallest absolute Gasteiger partial charge is 0.387 e. The van der Waals surface area contributed by atoms with E-state index < -0.39 is 50.6 Å². The largest absolute Gasteiger partial charge is 0.478 e. The summed E-state index contributed by atoms with van der Waals surface area (Å²) >= 11 is 0. The number of amides is 1. The van der Waals surface area contributed by atoms with Crippen molar-refractivity contribution in [1.29, 1.82) is 0 Å². The molecule has 1 spiro atoms. The molecule has 0 radical (unpaired) electrons. The summed E-state index contributed by atoms with van der Waals surface area (Å²) in [6.07, 6.45) is 2.06. The van der Waals surface area contributed by atoms with Crippen LogP contribution in [0.2, 0.25) is 0 Å². The second-order valence-corrected chi connectivity index (χ2v) is 15.6. The minimum Gasteiger partial charge on any atom is -0.478 e. The van der Waals surface area contributed by atoms with E-state index in [1.54, 1.807) is 18.2 Å². The van der Waals surface area contributed by atoms with Crippen molar-refractivity contribution in [2.24, 2.45) is 5.92 Å². The summed E-state index contributed by atoms with van der Waals surface area (Å²) in [7, 11) is -7.19. The lowest BCUT2D eigenvalue weighted by Crippen LogP contribution is -2.51. The van der Waals surface area contributed by atoms with E-state index >= 15 is 0 Å². The van der Waals surface area contributed by atoms with Crippen LogP contribution in [0.3, 0.4) is 0 Å². The Morgan fingerprint density at radius 2 is 1.68 bits per heavy atom. The first kappa shape index (κ1) is 30.3. The maximum Gasteiger partial charge on any atom is 0.387 e. The SMILES string of the molecule is O=C(O)c1cccc(NC(=O)c2ccc3c(c2)C2(CCS(O)(O)CC2)C(C2CC2)N3S(=O)(=O)c2cccc(OC(F)F)c2)c1. The molecule has 3 aliphatic rings. The van der Waals surface area contributed by atoms with Crippen LogP contribution in [0.25, 0.3) is 0 Å². The van der Waals surface area contributed by atoms with Crippen molar-refractivity contribution in [2.75, 3.05) is 21.1 Å². The fourth-order valence-electron chi connectivity index (χ4n) is 6.48. The van der Waals surface area contributed by atoms with Crippen molar-refractivity contribution in [3.8, 4) is 5.75 Å². The van der Waals surface area contributed by atoms with Gasteiger partial charge in [-0.1, -0.05) is 12.1 Å². The van der Waals surface area contributed by atoms with Crippen molar-refractivity contribution in [2.45, 2.75) is 48.6 Å². The Kier molecular flexibility index (Phi) is 7.59. The molecule has 1 amide bonds. The number of carboxylic acid groups (broad SMARTS) is 1. The molecule has 2 heterocycles. The van der Waals surface area contributed by atoms with Crippen LogP contribution in [-0.2, 0) is 15.4 Å². The normalized spacial score (nSPS) is 21.1. The Balaban J connectivity index is 1.44. The number of hydrogen-bond donors (Lipinski definition) is 4. The topological polar surface area (TPSA) is 153 Å². The predicted molar refractivity (Wildman–Crippen MR) is 161 cm³/mol. The molecule has 0 aromatic heterocycles. The number of carboxylic acids is 1. The van der Waals surface area contributed by atoms with Gasteiger partial charge in [-0.2, -0.15) is 19.4 Å². The average molecular weight is 649 g/mol. The van der Waals surface area contributed by atoms with Crippen LogP contribution in [0.15, 0.2) is 71.6 Å². The van der Waals surface area contributed by atoms with Crippen LogP contribution in [0.1, 0.15) is 52.0 Å². The van der Waals surface area contributed by atoms with E-state index in [1.807, 2.05) is 0 Å². The molecule has 234 valence electrons. The molecule has 14 heteroatoms. The van der Waals surface area contributed by atoms with Gasteiger partial charge < -0.3 is 15.2 Å². The zero-order chi connectivity index (χ0) is 31.4. The number of anilines is 2. The highest BCUT2D eigenvalue weighted by molar-refractivity contribution is 8.24. The Bertz CT molecular complexity index is 1740. The van der Waals surface area contributed by atoms with E-state index in [0.717, 1.165) is 18.9 Å². The number of ether oxygens (including phenoxy) is 1. The average Bonchev–Trinajstić information content (AvgIpc) is 3.77. The Morgan fingerprint density at radius 3 is 2.34 bits per heavy atom. The lowest BCUT2D eigenvalue weighted by Gasteiger charge is -2.48. The van der Waals surface area contributed by atoms with Crippen molar-refractivity contribution in [1.82, 2.24) is 0 Å². The van der Waals surface area contributed by atoms with E-state index in [-0.39, 0.29) is 57.7 Å². The van der Waals surface area contributed by atoms with Gasteiger partial charge in [0.2, 0.25) is 0 Å². The predicted octanol–water partition coefficient (Wildman–Crippen LogP) is 6.01. The number of rotatable bonds is 8. The Hall–Kier alpha value is -3.72. The fraction of sp³-hybridized carbons (Fsp3) is 0.333. The van der Waals surface area contributed by atoms with Gasteiger partial charge in [0.1, 0.15) is 5.75 Å². The van der Waals surface area contributed by atoms with Crippen molar-refractivity contribution < 1.29 is 45.7 Å². The van der Waals surface area contributed by atoms with Gasteiger partial charge in [-0.25, -0.2) is 13.2 Å². The van der Waals surface area contributed by atoms with Crippen LogP contribution in [0, 0.1) is 5.92 Å². The maximum atomic E-state index is 14.3. The first-order valence-corrected chi connectivity index (χ1v) is 17.3. The van der Waals surface area contributed by atoms with E-state index in [1.165, 1.54) is 46.8 Å². The van der Waals surface area contributed by atoms with E-state index in [0.29, 0.717) is 11.3 Å². The van der Waals surface area contributed by atoms with Crippen LogP contribution in [0.5, 0.6) is 5.75 Å². The molecule has 0 bridgehead atoms. The highest BCUT2D eigenvalue weighted by Gasteiger charge is 2.60. The molecule has 2 aliphatic heterocycles. The molecule has 1 saturated heterocycles. The second-order valence-electron chi connectivity index (χ2n) is 11.4. The lowest BCUT2D eigenvalue weighted by molar-refractivity contribution is -0.0500. The van der Waals surface area contributed by atoms with Gasteiger partial charge in [-0.3, -0.25) is 18.2 Å². The van der Waals surface area contributed by atoms with Gasteiger partial charge in [0.25, 0.3) is 15.9 Å². The summed E-state index contributed by atoms with van der Waals surface area (Å²) < 4.78 is 81.4. The van der Waals surface area contributed by atoms with E-state index in [4.69, 9.17) is 0 Å². The summed E-state index contributed by atoms with van der Waals surface area (Å²) in [6.45, 7) is -3.14. The number of carbonyl (C=O) groups is 2. The number of benzene rings is 3. The fourth-order valence-corrected chi connectivity index (χ4v) is 9.90. The summed E-state index contributed by atoms with van der Waals surface area (Å²) in [6, 6.07) is 14.8. The van der Waals surface area contributed by atoms with Gasteiger partial charge in [-0.05, 0) is 85.7 Å². The van der Waals surface area contributed by atoms with Crippen LogP contribution in [-0.4, -0.2) is 58.7 Å². The number of hydrogen-bond acceptors (Lipinski definition) is 7. The lowest BCUT2D eigenvalue weighted by atomic mass is 9.70. The summed E-state index contributed by atoms with van der Waals surface area (Å²) in [5.74, 6) is -1.88. The van der Waals surface area contributed by atoms with Crippen LogP contribution in [0.4, 0.5) is 20.2 Å². The molecule has 1 aliphatic carbocycles. The molecule has 2 fully saturated rings. The minimum atomic E-state index is -4.33. The number of alkyl halides is 2. The van der Waals surface area contributed by atoms with E-state index in [2.05, 4.69) is 10.1 Å². The van der Waals surface area contributed by atoms with Crippen LogP contribution < -0.4 is 14.4 Å². The Morgan fingerprint density at radius 1 is 0.977 bits per heavy atom. The molecule has 1 saturated carbocycles. The Labute approximate surface area is 254 Å². The zero-order valence-electron chi connectivity index (χ0n) is 23.2. The van der Waals surface area contributed by atoms with E-state index in [9.17, 15) is 41.0 Å².